The molecule has 0 aliphatic heterocycles. The summed E-state index contributed by atoms with van der Waals surface area (Å²) in [4.78, 5) is 23.6. The molecule has 0 saturated carbocycles. The first-order chi connectivity index (χ1) is 10.0. The van der Waals surface area contributed by atoms with E-state index in [1.165, 1.54) is 12.3 Å². The molecule has 0 bridgehead atoms. The number of carbonyl (C=O) groups excluding carboxylic acids is 2. The van der Waals surface area contributed by atoms with Crippen LogP contribution in [0.2, 0.25) is 0 Å². The summed E-state index contributed by atoms with van der Waals surface area (Å²) < 4.78 is 31.2. The van der Waals surface area contributed by atoms with Gasteiger partial charge < -0.3 is 10.1 Å². The first-order valence-electron chi connectivity index (χ1n) is 5.86. The Morgan fingerprint density at radius 1 is 1.33 bits per heavy atom. The Labute approximate surface area is 118 Å². The van der Waals surface area contributed by atoms with Gasteiger partial charge in [0, 0.05) is 17.8 Å². The molecule has 0 aliphatic carbocycles. The number of methoxy groups -OCH3 is 1. The Bertz CT molecular complexity index is 659. The number of hydrogen-bond donors (Lipinski definition) is 2. The van der Waals surface area contributed by atoms with Crippen LogP contribution in [0.15, 0.2) is 30.5 Å². The van der Waals surface area contributed by atoms with Crippen molar-refractivity contribution >= 4 is 11.9 Å². The lowest BCUT2D eigenvalue weighted by Crippen LogP contribution is -2.35. The number of aromatic amines is 1. The van der Waals surface area contributed by atoms with Crippen molar-refractivity contribution in [2.75, 3.05) is 7.11 Å². The van der Waals surface area contributed by atoms with Gasteiger partial charge in [-0.25, -0.2) is 13.6 Å². The van der Waals surface area contributed by atoms with Crippen molar-refractivity contribution < 1.29 is 23.1 Å². The molecular weight excluding hydrogens is 284 g/mol. The van der Waals surface area contributed by atoms with E-state index < -0.39 is 29.6 Å². The lowest BCUT2D eigenvalue weighted by molar-refractivity contribution is -0.143. The zero-order chi connectivity index (χ0) is 15.4. The molecule has 1 aromatic heterocycles. The molecular formula is C13H11F2N3O3. The van der Waals surface area contributed by atoms with E-state index in [4.69, 9.17) is 0 Å². The molecule has 21 heavy (non-hydrogen) atoms. The highest BCUT2D eigenvalue weighted by Crippen LogP contribution is 2.20. The van der Waals surface area contributed by atoms with Gasteiger partial charge in [-0.2, -0.15) is 5.10 Å². The Hall–Kier alpha value is -2.77. The largest absolute Gasteiger partial charge is 0.467 e. The van der Waals surface area contributed by atoms with E-state index in [0.29, 0.717) is 6.07 Å². The van der Waals surface area contributed by atoms with E-state index in [1.807, 2.05) is 0 Å². The van der Waals surface area contributed by atoms with Gasteiger partial charge >= 0.3 is 5.97 Å². The summed E-state index contributed by atoms with van der Waals surface area (Å²) in [6.45, 7) is 0. The fraction of sp³-hybridized carbons (Fsp3) is 0.154. The number of carbonyl (C=O) groups is 2. The molecule has 2 aromatic rings. The van der Waals surface area contributed by atoms with E-state index in [1.54, 1.807) is 0 Å². The van der Waals surface area contributed by atoms with Crippen LogP contribution in [0.5, 0.6) is 0 Å². The number of hydrogen-bond acceptors (Lipinski definition) is 4. The third kappa shape index (κ3) is 3.22. The Morgan fingerprint density at radius 2 is 2.10 bits per heavy atom. The zero-order valence-electron chi connectivity index (χ0n) is 10.9. The van der Waals surface area contributed by atoms with Crippen LogP contribution in [0, 0.1) is 11.6 Å². The van der Waals surface area contributed by atoms with Crippen LogP contribution in [0.1, 0.15) is 22.1 Å². The predicted octanol–water partition coefficient (Wildman–Crippen LogP) is 1.33. The Kier molecular flexibility index (Phi) is 4.27. The maximum absolute atomic E-state index is 13.8. The highest BCUT2D eigenvalue weighted by molar-refractivity contribution is 5.95. The molecule has 110 valence electrons. The molecule has 0 fully saturated rings. The molecule has 0 spiro atoms. The van der Waals surface area contributed by atoms with E-state index in [2.05, 4.69) is 20.3 Å². The summed E-state index contributed by atoms with van der Waals surface area (Å²) in [5.41, 5.74) is -0.109. The summed E-state index contributed by atoms with van der Waals surface area (Å²) in [6.07, 6.45) is 1.35. The SMILES string of the molecule is COC(=O)[C@@H](NC(=O)c1ccn[nH]1)c1ccc(F)cc1F. The molecule has 0 unspecified atom stereocenters. The van der Waals surface area contributed by atoms with Gasteiger partial charge in [0.2, 0.25) is 0 Å². The summed E-state index contributed by atoms with van der Waals surface area (Å²) in [7, 11) is 1.10. The second-order valence-corrected chi connectivity index (χ2v) is 4.07. The predicted molar refractivity (Wildman–Crippen MR) is 67.2 cm³/mol. The fourth-order valence-electron chi connectivity index (χ4n) is 1.71. The second kappa shape index (κ2) is 6.12. The van der Waals surface area contributed by atoms with Crippen molar-refractivity contribution in [2.24, 2.45) is 0 Å². The number of nitrogens with zero attached hydrogens (tertiary/aromatic N) is 1. The van der Waals surface area contributed by atoms with Crippen LogP contribution in [-0.2, 0) is 9.53 Å². The molecule has 0 aliphatic rings. The number of benzene rings is 1. The first-order valence-corrected chi connectivity index (χ1v) is 5.86. The number of nitrogens with one attached hydrogen (secondary N) is 2. The summed E-state index contributed by atoms with van der Waals surface area (Å²) in [5.74, 6) is -3.31. The second-order valence-electron chi connectivity index (χ2n) is 4.07. The maximum Gasteiger partial charge on any atom is 0.333 e. The highest BCUT2D eigenvalue weighted by atomic mass is 19.1. The normalized spacial score (nSPS) is 11.8. The molecule has 8 heteroatoms. The lowest BCUT2D eigenvalue weighted by atomic mass is 10.1. The van der Waals surface area contributed by atoms with Gasteiger partial charge in [0.15, 0.2) is 6.04 Å². The molecule has 2 N–H and O–H groups in total. The van der Waals surface area contributed by atoms with E-state index in [9.17, 15) is 18.4 Å². The molecule has 1 atom stereocenters. The van der Waals surface area contributed by atoms with Crippen molar-refractivity contribution in [3.8, 4) is 0 Å². The summed E-state index contributed by atoms with van der Waals surface area (Å²) in [6, 6.07) is 2.65. The number of esters is 1. The molecule has 1 amide bonds. The van der Waals surface area contributed by atoms with Gasteiger partial charge in [-0.1, -0.05) is 6.07 Å². The van der Waals surface area contributed by atoms with Crippen LogP contribution in [-0.4, -0.2) is 29.2 Å². The number of rotatable bonds is 4. The number of ether oxygens (including phenoxy) is 1. The summed E-state index contributed by atoms with van der Waals surface area (Å²) >= 11 is 0. The van der Waals surface area contributed by atoms with Gasteiger partial charge in [0.1, 0.15) is 17.3 Å². The number of H-pyrrole nitrogens is 1. The summed E-state index contributed by atoms with van der Waals surface area (Å²) in [5, 5.41) is 8.30. The first kappa shape index (κ1) is 14.6. The standard InChI is InChI=1S/C13H11F2N3O3/c1-21-13(20)11(8-3-2-7(14)6-9(8)15)17-12(19)10-4-5-16-18-10/h2-6,11H,1H3,(H,16,18)(H,17,19)/t11-/m0/s1. The van der Waals surface area contributed by atoms with Gasteiger partial charge in [-0.3, -0.25) is 9.89 Å². The Balaban J connectivity index is 2.30. The van der Waals surface area contributed by atoms with Crippen molar-refractivity contribution in [1.29, 1.82) is 0 Å². The van der Waals surface area contributed by atoms with Crippen LogP contribution in [0.3, 0.4) is 0 Å². The molecule has 0 saturated heterocycles. The average molecular weight is 295 g/mol. The van der Waals surface area contributed by atoms with E-state index in [-0.39, 0.29) is 11.3 Å². The van der Waals surface area contributed by atoms with E-state index >= 15 is 0 Å². The van der Waals surface area contributed by atoms with Crippen molar-refractivity contribution in [3.63, 3.8) is 0 Å². The Morgan fingerprint density at radius 3 is 2.67 bits per heavy atom. The van der Waals surface area contributed by atoms with Crippen molar-refractivity contribution in [3.05, 3.63) is 53.4 Å². The minimum atomic E-state index is -1.40. The number of aromatic nitrogens is 2. The van der Waals surface area contributed by atoms with Crippen LogP contribution >= 0.6 is 0 Å². The fourth-order valence-corrected chi connectivity index (χ4v) is 1.71. The van der Waals surface area contributed by atoms with Crippen molar-refractivity contribution in [1.82, 2.24) is 15.5 Å². The third-order valence-corrected chi connectivity index (χ3v) is 2.73. The van der Waals surface area contributed by atoms with Gasteiger partial charge in [-0.05, 0) is 12.1 Å². The molecule has 6 nitrogen and oxygen atoms in total. The smallest absolute Gasteiger partial charge is 0.333 e. The van der Waals surface area contributed by atoms with Gasteiger partial charge in [0.25, 0.3) is 5.91 Å². The monoisotopic (exact) mass is 295 g/mol. The highest BCUT2D eigenvalue weighted by Gasteiger charge is 2.27. The minimum absolute atomic E-state index is 0.0893. The van der Waals surface area contributed by atoms with Gasteiger partial charge in [0.05, 0.1) is 7.11 Å². The quantitative estimate of drug-likeness (QED) is 0.833. The number of halogens is 2. The van der Waals surface area contributed by atoms with Gasteiger partial charge in [-0.15, -0.1) is 0 Å². The molecule has 0 radical (unpaired) electrons. The van der Waals surface area contributed by atoms with E-state index in [0.717, 1.165) is 19.2 Å². The molecule has 1 aromatic carbocycles. The maximum atomic E-state index is 13.8. The minimum Gasteiger partial charge on any atom is -0.467 e. The molecule has 1 heterocycles. The average Bonchev–Trinajstić information content (AvgIpc) is 2.98. The van der Waals surface area contributed by atoms with Crippen LogP contribution in [0.4, 0.5) is 8.78 Å². The third-order valence-electron chi connectivity index (χ3n) is 2.73. The van der Waals surface area contributed by atoms with Crippen LogP contribution < -0.4 is 5.32 Å². The lowest BCUT2D eigenvalue weighted by Gasteiger charge is -2.17. The van der Waals surface area contributed by atoms with Crippen LogP contribution in [0.25, 0.3) is 0 Å². The molecule has 2 rings (SSSR count). The topological polar surface area (TPSA) is 84.1 Å². The van der Waals surface area contributed by atoms with Crippen molar-refractivity contribution in [2.45, 2.75) is 6.04 Å². The zero-order valence-corrected chi connectivity index (χ0v) is 10.9. The number of amides is 1.